The fourth-order valence-electron chi connectivity index (χ4n) is 3.00. The van der Waals surface area contributed by atoms with E-state index >= 15 is 0 Å². The minimum atomic E-state index is 0.0260. The first-order chi connectivity index (χ1) is 13.5. The van der Waals surface area contributed by atoms with Crippen LogP contribution in [0.3, 0.4) is 0 Å². The zero-order valence-corrected chi connectivity index (χ0v) is 16.7. The van der Waals surface area contributed by atoms with Gasteiger partial charge in [0, 0.05) is 10.4 Å². The standard InChI is InChI=1S/C21H14Cl3N3O/c22-14-4-3-5-15(11-14)25-26-20-16-6-1-2-7-19(16)27(21(20)28)12-13-8-9-17(23)18(24)10-13/h1-11,28H,12H2. The van der Waals surface area contributed by atoms with Crippen LogP contribution in [0.15, 0.2) is 77.0 Å². The minimum Gasteiger partial charge on any atom is -0.493 e. The molecule has 0 amide bonds. The zero-order valence-electron chi connectivity index (χ0n) is 14.5. The molecule has 1 N–H and O–H groups in total. The molecule has 0 unspecified atom stereocenters. The monoisotopic (exact) mass is 429 g/mol. The number of hydrogen-bond acceptors (Lipinski definition) is 3. The molecule has 4 aromatic rings. The van der Waals surface area contributed by atoms with Gasteiger partial charge in [0.1, 0.15) is 0 Å². The first-order valence-electron chi connectivity index (χ1n) is 8.44. The fourth-order valence-corrected chi connectivity index (χ4v) is 3.50. The van der Waals surface area contributed by atoms with Crippen LogP contribution in [0, 0.1) is 0 Å². The number of nitrogens with zero attached hydrogens (tertiary/aromatic N) is 3. The van der Waals surface area contributed by atoms with Crippen LogP contribution in [-0.2, 0) is 6.54 Å². The average Bonchev–Trinajstić information content (AvgIpc) is 2.95. The summed E-state index contributed by atoms with van der Waals surface area (Å²) >= 11 is 18.1. The van der Waals surface area contributed by atoms with Crippen molar-refractivity contribution >= 4 is 57.1 Å². The van der Waals surface area contributed by atoms with Crippen LogP contribution < -0.4 is 0 Å². The van der Waals surface area contributed by atoms with Gasteiger partial charge in [-0.2, -0.15) is 5.11 Å². The smallest absolute Gasteiger partial charge is 0.221 e. The van der Waals surface area contributed by atoms with Gasteiger partial charge in [-0.25, -0.2) is 0 Å². The van der Waals surface area contributed by atoms with Gasteiger partial charge in [0.2, 0.25) is 5.88 Å². The normalized spacial score (nSPS) is 11.5. The van der Waals surface area contributed by atoms with E-state index in [2.05, 4.69) is 10.2 Å². The lowest BCUT2D eigenvalue weighted by molar-refractivity contribution is 0.429. The minimum absolute atomic E-state index is 0.0260. The molecule has 0 aliphatic carbocycles. The van der Waals surface area contributed by atoms with E-state index in [-0.39, 0.29) is 5.88 Å². The Hall–Kier alpha value is -2.53. The van der Waals surface area contributed by atoms with Gasteiger partial charge in [0.15, 0.2) is 5.69 Å². The number of aromatic nitrogens is 1. The van der Waals surface area contributed by atoms with E-state index in [9.17, 15) is 5.11 Å². The molecule has 0 atom stereocenters. The van der Waals surface area contributed by atoms with E-state index in [0.717, 1.165) is 16.5 Å². The summed E-state index contributed by atoms with van der Waals surface area (Å²) in [4.78, 5) is 0. The summed E-state index contributed by atoms with van der Waals surface area (Å²) < 4.78 is 1.77. The molecule has 4 rings (SSSR count). The molecule has 3 aromatic carbocycles. The number of benzene rings is 3. The van der Waals surface area contributed by atoms with Gasteiger partial charge in [-0.3, -0.25) is 0 Å². The van der Waals surface area contributed by atoms with E-state index in [1.54, 1.807) is 41.0 Å². The summed E-state index contributed by atoms with van der Waals surface area (Å²) in [5.74, 6) is 0.0260. The second kappa shape index (κ2) is 7.84. The third-order valence-electron chi connectivity index (χ3n) is 4.32. The molecule has 7 heteroatoms. The second-order valence-electron chi connectivity index (χ2n) is 6.20. The van der Waals surface area contributed by atoms with Crippen LogP contribution in [0.5, 0.6) is 5.88 Å². The maximum absolute atomic E-state index is 10.9. The molecule has 0 fully saturated rings. The van der Waals surface area contributed by atoms with Crippen molar-refractivity contribution in [3.8, 4) is 5.88 Å². The van der Waals surface area contributed by atoms with Crippen molar-refractivity contribution in [3.05, 3.63) is 87.4 Å². The van der Waals surface area contributed by atoms with Crippen LogP contribution >= 0.6 is 34.8 Å². The SMILES string of the molecule is Oc1c(N=Nc2cccc(Cl)c2)c2ccccc2n1Cc1ccc(Cl)c(Cl)c1. The third-order valence-corrected chi connectivity index (χ3v) is 5.29. The third kappa shape index (κ3) is 3.72. The van der Waals surface area contributed by atoms with E-state index in [4.69, 9.17) is 34.8 Å². The van der Waals surface area contributed by atoms with Gasteiger partial charge in [-0.05, 0) is 42.0 Å². The molecule has 0 saturated carbocycles. The van der Waals surface area contributed by atoms with Gasteiger partial charge in [0.25, 0.3) is 0 Å². The zero-order chi connectivity index (χ0) is 19.7. The Kier molecular flexibility index (Phi) is 5.27. The number of rotatable bonds is 4. The Bertz CT molecular complexity index is 1200. The van der Waals surface area contributed by atoms with E-state index in [1.807, 2.05) is 30.3 Å². The molecular formula is C21H14Cl3N3O. The first-order valence-corrected chi connectivity index (χ1v) is 9.58. The highest BCUT2D eigenvalue weighted by Crippen LogP contribution is 2.40. The molecule has 0 spiro atoms. The summed E-state index contributed by atoms with van der Waals surface area (Å²) in [6.07, 6.45) is 0. The van der Waals surface area contributed by atoms with Gasteiger partial charge in [-0.1, -0.05) is 65.1 Å². The summed E-state index contributed by atoms with van der Waals surface area (Å²) in [6.45, 7) is 0.413. The molecule has 0 aliphatic heterocycles. The predicted octanol–water partition coefficient (Wildman–Crippen LogP) is 7.77. The molecule has 1 aromatic heterocycles. The summed E-state index contributed by atoms with van der Waals surface area (Å²) in [6, 6.07) is 20.1. The van der Waals surface area contributed by atoms with E-state index < -0.39 is 0 Å². The first kappa shape index (κ1) is 18.8. The van der Waals surface area contributed by atoms with Crippen molar-refractivity contribution < 1.29 is 5.11 Å². The number of aromatic hydroxyl groups is 1. The van der Waals surface area contributed by atoms with Crippen molar-refractivity contribution in [3.63, 3.8) is 0 Å². The summed E-state index contributed by atoms with van der Waals surface area (Å²) in [5, 5.41) is 21.7. The fraction of sp³-hybridized carbons (Fsp3) is 0.0476. The lowest BCUT2D eigenvalue weighted by Gasteiger charge is -2.08. The van der Waals surface area contributed by atoms with Crippen molar-refractivity contribution in [1.82, 2.24) is 4.57 Å². The lowest BCUT2D eigenvalue weighted by atomic mass is 10.2. The van der Waals surface area contributed by atoms with Crippen molar-refractivity contribution in [1.29, 1.82) is 0 Å². The van der Waals surface area contributed by atoms with Crippen molar-refractivity contribution in [2.45, 2.75) is 6.54 Å². The molecule has 4 nitrogen and oxygen atoms in total. The maximum Gasteiger partial charge on any atom is 0.221 e. The molecular weight excluding hydrogens is 417 g/mol. The molecule has 0 bridgehead atoms. The van der Waals surface area contributed by atoms with Gasteiger partial charge >= 0.3 is 0 Å². The molecule has 0 saturated heterocycles. The van der Waals surface area contributed by atoms with Crippen LogP contribution in [0.4, 0.5) is 11.4 Å². The van der Waals surface area contributed by atoms with Gasteiger partial charge < -0.3 is 9.67 Å². The average molecular weight is 431 g/mol. The van der Waals surface area contributed by atoms with Crippen molar-refractivity contribution in [2.24, 2.45) is 10.2 Å². The highest BCUT2D eigenvalue weighted by atomic mass is 35.5. The summed E-state index contributed by atoms with van der Waals surface area (Å²) in [5.41, 5.74) is 2.75. The molecule has 0 radical (unpaired) electrons. The number of azo groups is 1. The highest BCUT2D eigenvalue weighted by Gasteiger charge is 2.17. The number of halogens is 3. The van der Waals surface area contributed by atoms with Crippen molar-refractivity contribution in [2.75, 3.05) is 0 Å². The van der Waals surface area contributed by atoms with E-state index in [1.165, 1.54) is 0 Å². The van der Waals surface area contributed by atoms with E-state index in [0.29, 0.717) is 33.0 Å². The molecule has 1 heterocycles. The highest BCUT2D eigenvalue weighted by molar-refractivity contribution is 6.42. The molecule has 140 valence electrons. The lowest BCUT2D eigenvalue weighted by Crippen LogP contribution is -1.98. The Morgan fingerprint density at radius 3 is 2.43 bits per heavy atom. The Morgan fingerprint density at radius 2 is 1.64 bits per heavy atom. The maximum atomic E-state index is 10.9. The largest absolute Gasteiger partial charge is 0.493 e. The second-order valence-corrected chi connectivity index (χ2v) is 7.45. The van der Waals surface area contributed by atoms with Crippen LogP contribution in [0.2, 0.25) is 15.1 Å². The Morgan fingerprint density at radius 1 is 0.821 bits per heavy atom. The number of hydrogen-bond donors (Lipinski definition) is 1. The molecule has 28 heavy (non-hydrogen) atoms. The van der Waals surface area contributed by atoms with Crippen LogP contribution in [0.25, 0.3) is 10.9 Å². The van der Waals surface area contributed by atoms with Gasteiger partial charge in [0.05, 0.1) is 27.8 Å². The predicted molar refractivity (Wildman–Crippen MR) is 115 cm³/mol. The topological polar surface area (TPSA) is 49.9 Å². The number of para-hydroxylation sites is 1. The van der Waals surface area contributed by atoms with Gasteiger partial charge in [-0.15, -0.1) is 5.11 Å². The van der Waals surface area contributed by atoms with Crippen LogP contribution in [0.1, 0.15) is 5.56 Å². The molecule has 0 aliphatic rings. The quantitative estimate of drug-likeness (QED) is 0.330. The number of fused-ring (bicyclic) bond motifs is 1. The Labute approximate surface area is 176 Å². The Balaban J connectivity index is 1.78. The van der Waals surface area contributed by atoms with Crippen LogP contribution in [-0.4, -0.2) is 9.67 Å². The summed E-state index contributed by atoms with van der Waals surface area (Å²) in [7, 11) is 0.